The van der Waals surface area contributed by atoms with Crippen LogP contribution in [0.5, 0.6) is 0 Å². The first kappa shape index (κ1) is 14.4. The van der Waals surface area contributed by atoms with Gasteiger partial charge in [0.15, 0.2) is 0 Å². The molecule has 2 N–H and O–H groups in total. The summed E-state index contributed by atoms with van der Waals surface area (Å²) in [7, 11) is 0. The second-order valence-corrected chi connectivity index (χ2v) is 4.59. The minimum absolute atomic E-state index is 0.0473. The van der Waals surface area contributed by atoms with E-state index < -0.39 is 0 Å². The number of carbonyl (C=O) groups is 1. The number of aliphatic hydroxyl groups is 1. The number of carbonyl (C=O) groups excluding carboxylic acids is 1. The van der Waals surface area contributed by atoms with E-state index in [1.165, 1.54) is 0 Å². The lowest BCUT2D eigenvalue weighted by molar-refractivity contribution is -0.131. The Morgan fingerprint density at radius 1 is 1.47 bits per heavy atom. The highest BCUT2D eigenvalue weighted by Gasteiger charge is 2.14. The van der Waals surface area contributed by atoms with Gasteiger partial charge in [-0.15, -0.1) is 0 Å². The van der Waals surface area contributed by atoms with Crippen molar-refractivity contribution < 1.29 is 14.6 Å². The lowest BCUT2D eigenvalue weighted by Crippen LogP contribution is -2.39. The number of ether oxygens (including phenoxy) is 1. The molecule has 1 unspecified atom stereocenters. The Hall–Kier alpha value is -0.610. The van der Waals surface area contributed by atoms with Crippen LogP contribution in [0.2, 0.25) is 0 Å². The predicted molar refractivity (Wildman–Crippen MR) is 59.6 cm³/mol. The fraction of sp³-hybridized carbons (Fsp3) is 0.909. The molecule has 15 heavy (non-hydrogen) atoms. The van der Waals surface area contributed by atoms with Gasteiger partial charge >= 0.3 is 0 Å². The van der Waals surface area contributed by atoms with Crippen LogP contribution in [0.4, 0.5) is 0 Å². The minimum Gasteiger partial charge on any atom is -0.396 e. The van der Waals surface area contributed by atoms with Gasteiger partial charge in [-0.2, -0.15) is 0 Å². The van der Waals surface area contributed by atoms with Gasteiger partial charge in [0.1, 0.15) is 6.61 Å². The van der Waals surface area contributed by atoms with Gasteiger partial charge in [-0.1, -0.05) is 6.92 Å². The Balaban J connectivity index is 3.81. The molecule has 0 rings (SSSR count). The summed E-state index contributed by atoms with van der Waals surface area (Å²) in [6.07, 6.45) is 1.42. The Morgan fingerprint density at radius 2 is 2.07 bits per heavy atom. The number of rotatable bonds is 6. The molecule has 0 heterocycles. The average Bonchev–Trinajstić information content (AvgIpc) is 2.13. The molecule has 0 aliphatic carbocycles. The van der Waals surface area contributed by atoms with Crippen LogP contribution >= 0.6 is 0 Å². The van der Waals surface area contributed by atoms with E-state index in [0.717, 1.165) is 6.42 Å². The summed E-state index contributed by atoms with van der Waals surface area (Å²) in [6.45, 7) is 7.87. The molecule has 0 radical (unpaired) electrons. The highest BCUT2D eigenvalue weighted by molar-refractivity contribution is 5.77. The summed E-state index contributed by atoms with van der Waals surface area (Å²) in [5, 5.41) is 11.6. The van der Waals surface area contributed by atoms with E-state index in [-0.39, 0.29) is 30.8 Å². The Bertz CT molecular complexity index is 187. The number of aliphatic hydroxyl groups excluding tert-OH is 1. The molecule has 90 valence electrons. The zero-order chi connectivity index (χ0) is 11.9. The van der Waals surface area contributed by atoms with Crippen LogP contribution in [0.25, 0.3) is 0 Å². The smallest absolute Gasteiger partial charge is 0.246 e. The monoisotopic (exact) mass is 217 g/mol. The summed E-state index contributed by atoms with van der Waals surface area (Å²) in [5.41, 5.74) is -0.296. The number of hydrogen-bond donors (Lipinski definition) is 2. The van der Waals surface area contributed by atoms with E-state index in [0.29, 0.717) is 6.42 Å². The average molecular weight is 217 g/mol. The zero-order valence-corrected chi connectivity index (χ0v) is 10.2. The molecule has 1 amide bonds. The SMILES string of the molecule is CCC(CCO)NC(=O)COC(C)(C)C. The molecule has 1 atom stereocenters. The predicted octanol–water partition coefficient (Wildman–Crippen LogP) is 1.08. The van der Waals surface area contributed by atoms with Crippen LogP contribution in [0.1, 0.15) is 40.5 Å². The maximum Gasteiger partial charge on any atom is 0.246 e. The number of nitrogens with one attached hydrogen (secondary N) is 1. The topological polar surface area (TPSA) is 58.6 Å². The van der Waals surface area contributed by atoms with E-state index in [1.807, 2.05) is 27.7 Å². The molecule has 0 saturated heterocycles. The van der Waals surface area contributed by atoms with Crippen molar-refractivity contribution in [2.24, 2.45) is 0 Å². The molecule has 0 spiro atoms. The summed E-state index contributed by atoms with van der Waals surface area (Å²) >= 11 is 0. The quantitative estimate of drug-likeness (QED) is 0.700. The van der Waals surface area contributed by atoms with Crippen molar-refractivity contribution in [1.29, 1.82) is 0 Å². The fourth-order valence-corrected chi connectivity index (χ4v) is 1.09. The third-order valence-corrected chi connectivity index (χ3v) is 1.97. The third-order valence-electron chi connectivity index (χ3n) is 1.97. The number of hydrogen-bond acceptors (Lipinski definition) is 3. The second kappa shape index (κ2) is 6.80. The third kappa shape index (κ3) is 8.39. The summed E-state index contributed by atoms with van der Waals surface area (Å²) < 4.78 is 5.34. The highest BCUT2D eigenvalue weighted by atomic mass is 16.5. The van der Waals surface area contributed by atoms with Gasteiger partial charge in [0.25, 0.3) is 0 Å². The first-order valence-corrected chi connectivity index (χ1v) is 5.43. The van der Waals surface area contributed by atoms with Crippen molar-refractivity contribution in [3.05, 3.63) is 0 Å². The van der Waals surface area contributed by atoms with E-state index in [9.17, 15) is 4.79 Å². The Morgan fingerprint density at radius 3 is 2.47 bits per heavy atom. The molecule has 0 aromatic heterocycles. The van der Waals surface area contributed by atoms with Crippen molar-refractivity contribution in [3.63, 3.8) is 0 Å². The van der Waals surface area contributed by atoms with E-state index in [4.69, 9.17) is 9.84 Å². The molecule has 0 bridgehead atoms. The zero-order valence-electron chi connectivity index (χ0n) is 10.2. The molecular formula is C11H23NO3. The Labute approximate surface area is 92.0 Å². The molecular weight excluding hydrogens is 194 g/mol. The first-order chi connectivity index (χ1) is 6.89. The minimum atomic E-state index is -0.296. The maximum absolute atomic E-state index is 11.4. The van der Waals surface area contributed by atoms with Crippen molar-refractivity contribution in [1.82, 2.24) is 5.32 Å². The van der Waals surface area contributed by atoms with Crippen molar-refractivity contribution >= 4 is 5.91 Å². The molecule has 0 saturated carbocycles. The Kier molecular flexibility index (Phi) is 6.52. The normalized spacial score (nSPS) is 13.7. The molecule has 0 fully saturated rings. The van der Waals surface area contributed by atoms with Crippen LogP contribution in [0.15, 0.2) is 0 Å². The van der Waals surface area contributed by atoms with Gasteiger partial charge in [0.05, 0.1) is 5.60 Å². The summed E-state index contributed by atoms with van der Waals surface area (Å²) in [6, 6.07) is 0.0473. The van der Waals surface area contributed by atoms with Gasteiger partial charge in [0.2, 0.25) is 5.91 Å². The van der Waals surface area contributed by atoms with Gasteiger partial charge < -0.3 is 15.2 Å². The van der Waals surface area contributed by atoms with Crippen LogP contribution in [0.3, 0.4) is 0 Å². The van der Waals surface area contributed by atoms with Crippen LogP contribution in [-0.4, -0.2) is 35.9 Å². The molecule has 0 aromatic rings. The van der Waals surface area contributed by atoms with Crippen molar-refractivity contribution in [2.75, 3.05) is 13.2 Å². The van der Waals surface area contributed by atoms with Crippen LogP contribution in [0, 0.1) is 0 Å². The molecule has 0 aromatic carbocycles. The van der Waals surface area contributed by atoms with Gasteiger partial charge in [-0.05, 0) is 33.6 Å². The maximum atomic E-state index is 11.4. The lowest BCUT2D eigenvalue weighted by Gasteiger charge is -2.21. The van der Waals surface area contributed by atoms with Crippen LogP contribution in [-0.2, 0) is 9.53 Å². The number of amides is 1. The molecule has 0 aliphatic rings. The standard InChI is InChI=1S/C11H23NO3/c1-5-9(6-7-13)12-10(14)8-15-11(2,3)4/h9,13H,5-8H2,1-4H3,(H,12,14). The summed E-state index contributed by atoms with van der Waals surface area (Å²) in [4.78, 5) is 11.4. The van der Waals surface area contributed by atoms with Gasteiger partial charge in [0, 0.05) is 12.6 Å². The largest absolute Gasteiger partial charge is 0.396 e. The highest BCUT2D eigenvalue weighted by Crippen LogP contribution is 2.06. The lowest BCUT2D eigenvalue weighted by atomic mass is 10.1. The van der Waals surface area contributed by atoms with E-state index >= 15 is 0 Å². The molecule has 4 nitrogen and oxygen atoms in total. The van der Waals surface area contributed by atoms with E-state index in [1.54, 1.807) is 0 Å². The fourth-order valence-electron chi connectivity index (χ4n) is 1.09. The van der Waals surface area contributed by atoms with Gasteiger partial charge in [-0.3, -0.25) is 4.79 Å². The van der Waals surface area contributed by atoms with Crippen LogP contribution < -0.4 is 5.32 Å². The molecule has 4 heteroatoms. The summed E-state index contributed by atoms with van der Waals surface area (Å²) in [5.74, 6) is -0.120. The van der Waals surface area contributed by atoms with Gasteiger partial charge in [-0.25, -0.2) is 0 Å². The second-order valence-electron chi connectivity index (χ2n) is 4.59. The van der Waals surface area contributed by atoms with Crippen molar-refractivity contribution in [2.45, 2.75) is 52.2 Å². The molecule has 0 aliphatic heterocycles. The van der Waals surface area contributed by atoms with Crippen molar-refractivity contribution in [3.8, 4) is 0 Å². The van der Waals surface area contributed by atoms with E-state index in [2.05, 4.69) is 5.32 Å². The first-order valence-electron chi connectivity index (χ1n) is 5.43.